The van der Waals surface area contributed by atoms with Gasteiger partial charge in [0.1, 0.15) is 0 Å². The Morgan fingerprint density at radius 3 is 1.39 bits per heavy atom. The van der Waals surface area contributed by atoms with Gasteiger partial charge in [-0.05, 0) is 0 Å². The van der Waals surface area contributed by atoms with Crippen molar-refractivity contribution in [2.45, 2.75) is 24.4 Å². The van der Waals surface area contributed by atoms with Gasteiger partial charge in [0.15, 0.2) is 0 Å². The zero-order valence-electron chi connectivity index (χ0n) is 16.3. The van der Waals surface area contributed by atoms with Crippen LogP contribution in [-0.4, -0.2) is 10.6 Å². The van der Waals surface area contributed by atoms with E-state index in [2.05, 4.69) is 96.5 Å². The Labute approximate surface area is 191 Å². The van der Waals surface area contributed by atoms with E-state index < -0.39 is 29.8 Å². The molecule has 0 bridgehead atoms. The maximum absolute atomic E-state index is 2.64. The molecule has 143 valence electrons. The van der Waals surface area contributed by atoms with Gasteiger partial charge in [-0.25, -0.2) is 0 Å². The predicted molar refractivity (Wildman–Crippen MR) is 113 cm³/mol. The molecule has 0 aliphatic heterocycles. The summed E-state index contributed by atoms with van der Waals surface area (Å²) in [4.78, 5) is 0. The molecule has 0 saturated heterocycles. The summed E-state index contributed by atoms with van der Waals surface area (Å²) in [5.41, 5.74) is 5.97. The number of benzene rings is 2. The van der Waals surface area contributed by atoms with Gasteiger partial charge in [-0.3, -0.25) is 0 Å². The second-order valence-electron chi connectivity index (χ2n) is 7.30. The summed E-state index contributed by atoms with van der Waals surface area (Å²) in [6.45, 7) is 0. The Hall–Kier alpha value is -0.594. The Morgan fingerprint density at radius 1 is 0.643 bits per heavy atom. The second-order valence-corrected chi connectivity index (χ2v) is 39.1. The summed E-state index contributed by atoms with van der Waals surface area (Å²) < 4.78 is 3.72. The molecular formula is C24H25Cl2GeZr. The maximum atomic E-state index is 2.64. The molecule has 2 aromatic rings. The van der Waals surface area contributed by atoms with Crippen LogP contribution in [-0.2, 0) is 19.2 Å². The summed E-state index contributed by atoms with van der Waals surface area (Å²) >= 11 is -1.76. The molecule has 4 heteroatoms. The summed E-state index contributed by atoms with van der Waals surface area (Å²) in [7, 11) is -1.24. The quantitative estimate of drug-likeness (QED) is 0.474. The fourth-order valence-electron chi connectivity index (χ4n) is 4.18. The topological polar surface area (TPSA) is 0 Å². The molecular weight excluding hydrogens is 523 g/mol. The largest absolute Gasteiger partial charge is 1.00 e. The van der Waals surface area contributed by atoms with Gasteiger partial charge in [0.25, 0.3) is 0 Å². The predicted octanol–water partition coefficient (Wildman–Crippen LogP) is 0.338. The first-order valence-electron chi connectivity index (χ1n) is 9.53. The third-order valence-corrected chi connectivity index (χ3v) is 36.6. The standard InChI is InChI=1S/2C11H9.C2H7Ge.2ClH.Zr/c2*1-2-6-10(7-3-1)11-8-4-5-9-11;1-3-2;;;/h2*1-4,6-8H,5H2;3H,1-2H3;2*1H;/q;;;;;+2/p-2. The molecule has 2 aliphatic carbocycles. The van der Waals surface area contributed by atoms with Crippen molar-refractivity contribution in [3.63, 3.8) is 0 Å². The summed E-state index contributed by atoms with van der Waals surface area (Å²) in [5, 5.41) is 0. The molecule has 28 heavy (non-hydrogen) atoms. The summed E-state index contributed by atoms with van der Waals surface area (Å²) in [6, 6.07) is 22.1. The molecule has 0 atom stereocenters. The van der Waals surface area contributed by atoms with Crippen molar-refractivity contribution in [1.29, 1.82) is 0 Å². The van der Waals surface area contributed by atoms with E-state index in [1.54, 1.807) is 11.1 Å². The van der Waals surface area contributed by atoms with Crippen LogP contribution in [0.5, 0.6) is 0 Å². The summed E-state index contributed by atoms with van der Waals surface area (Å²) in [5.74, 6) is 5.28. The van der Waals surface area contributed by atoms with E-state index in [0.717, 1.165) is 0 Å². The molecule has 0 aromatic heterocycles. The molecule has 0 radical (unpaired) electrons. The first-order chi connectivity index (χ1) is 12.8. The van der Waals surface area contributed by atoms with Crippen LogP contribution in [0.25, 0.3) is 11.1 Å². The third-order valence-electron chi connectivity index (χ3n) is 5.26. The SMILES string of the molecule is [CH3][GeH]([CH3])[Zr+2]([C]1=C(c2ccccc2)C=CC1)[C]1=C(c2ccccc2)C=CC1.[Cl-].[Cl-]. The zero-order chi connectivity index (χ0) is 17.9. The van der Waals surface area contributed by atoms with Crippen LogP contribution in [0.4, 0.5) is 0 Å². The van der Waals surface area contributed by atoms with Crippen molar-refractivity contribution in [3.05, 3.63) is 103 Å². The van der Waals surface area contributed by atoms with Gasteiger partial charge in [0.05, 0.1) is 0 Å². The van der Waals surface area contributed by atoms with E-state index in [-0.39, 0.29) is 24.8 Å². The number of hydrogen-bond acceptors (Lipinski definition) is 0. The van der Waals surface area contributed by atoms with Gasteiger partial charge < -0.3 is 24.8 Å². The average molecular weight is 548 g/mol. The van der Waals surface area contributed by atoms with E-state index in [1.807, 2.05) is 6.56 Å². The fourth-order valence-corrected chi connectivity index (χ4v) is 36.8. The van der Waals surface area contributed by atoms with Crippen molar-refractivity contribution in [3.8, 4) is 0 Å². The monoisotopic (exact) mass is 547 g/mol. The van der Waals surface area contributed by atoms with Crippen LogP contribution in [0.1, 0.15) is 24.0 Å². The van der Waals surface area contributed by atoms with Gasteiger partial charge in [-0.1, -0.05) is 0 Å². The molecule has 2 aliphatic rings. The van der Waals surface area contributed by atoms with Crippen LogP contribution in [0.15, 0.2) is 91.5 Å². The van der Waals surface area contributed by atoms with Crippen molar-refractivity contribution in [2.75, 3.05) is 0 Å². The minimum absolute atomic E-state index is 0. The Morgan fingerprint density at radius 2 is 1.04 bits per heavy atom. The first kappa shape index (κ1) is 23.7. The molecule has 2 aromatic carbocycles. The van der Waals surface area contributed by atoms with Crippen molar-refractivity contribution >= 4 is 21.7 Å². The normalized spacial score (nSPS) is 15.1. The molecule has 0 fully saturated rings. The molecule has 0 saturated carbocycles. The maximum Gasteiger partial charge on any atom is -1.00 e. The zero-order valence-corrected chi connectivity index (χ0v) is 22.7. The third kappa shape index (κ3) is 4.93. The number of rotatable bonds is 5. The number of hydrogen-bond donors (Lipinski definition) is 0. The summed E-state index contributed by atoms with van der Waals surface area (Å²) in [6.07, 6.45) is 12.0. The number of halogens is 2. The van der Waals surface area contributed by atoms with Crippen LogP contribution in [0.3, 0.4) is 0 Å². The van der Waals surface area contributed by atoms with Crippen molar-refractivity contribution in [1.82, 2.24) is 0 Å². The smallest absolute Gasteiger partial charge is 1.00 e. The fraction of sp³-hybridized carbons (Fsp3) is 0.167. The molecule has 0 amide bonds. The molecule has 4 rings (SSSR count). The molecule has 0 nitrogen and oxygen atoms in total. The van der Waals surface area contributed by atoms with Gasteiger partial charge in [0, 0.05) is 0 Å². The van der Waals surface area contributed by atoms with E-state index in [9.17, 15) is 0 Å². The van der Waals surface area contributed by atoms with E-state index >= 15 is 0 Å². The van der Waals surface area contributed by atoms with Gasteiger partial charge in [-0.15, -0.1) is 0 Å². The Balaban J connectivity index is 0.00000140. The van der Waals surface area contributed by atoms with E-state index in [1.165, 1.54) is 24.0 Å². The average Bonchev–Trinajstić information content (AvgIpc) is 3.33. The molecule has 0 heterocycles. The van der Waals surface area contributed by atoms with Crippen molar-refractivity contribution < 1.29 is 44.1 Å². The molecule has 0 unspecified atom stereocenters. The molecule has 0 spiro atoms. The number of allylic oxidation sites excluding steroid dienone is 8. The minimum atomic E-state index is -1.76. The van der Waals surface area contributed by atoms with E-state index in [4.69, 9.17) is 0 Å². The second kappa shape index (κ2) is 11.0. The van der Waals surface area contributed by atoms with Crippen LogP contribution >= 0.6 is 0 Å². The van der Waals surface area contributed by atoms with Gasteiger partial charge in [0.2, 0.25) is 0 Å². The minimum Gasteiger partial charge on any atom is -1.00 e. The Kier molecular flexibility index (Phi) is 9.28. The van der Waals surface area contributed by atoms with Gasteiger partial charge in [-0.2, -0.15) is 0 Å². The van der Waals surface area contributed by atoms with Crippen molar-refractivity contribution in [2.24, 2.45) is 0 Å². The van der Waals surface area contributed by atoms with Crippen LogP contribution < -0.4 is 24.8 Å². The van der Waals surface area contributed by atoms with Crippen LogP contribution in [0.2, 0.25) is 11.5 Å². The van der Waals surface area contributed by atoms with E-state index in [0.29, 0.717) is 0 Å². The first-order valence-corrected chi connectivity index (χ1v) is 25.4. The van der Waals surface area contributed by atoms with Crippen LogP contribution in [0, 0.1) is 0 Å². The van der Waals surface area contributed by atoms with Gasteiger partial charge >= 0.3 is 168 Å². The molecule has 0 N–H and O–H groups in total. The Bertz CT molecular complexity index is 839.